The number of amides is 1. The fourth-order valence-corrected chi connectivity index (χ4v) is 3.53. The van der Waals surface area contributed by atoms with Crippen LogP contribution >= 0.6 is 11.3 Å². The van der Waals surface area contributed by atoms with Crippen molar-refractivity contribution < 1.29 is 9.72 Å². The Morgan fingerprint density at radius 1 is 1.27 bits per heavy atom. The summed E-state index contributed by atoms with van der Waals surface area (Å²) < 4.78 is 2.42. The van der Waals surface area contributed by atoms with Gasteiger partial charge in [0.25, 0.3) is 11.6 Å². The third-order valence-electron chi connectivity index (χ3n) is 4.08. The number of thiazole rings is 1. The second-order valence-corrected chi connectivity index (χ2v) is 6.81. The molecule has 0 fully saturated rings. The lowest BCUT2D eigenvalue weighted by molar-refractivity contribution is -0.384. The van der Waals surface area contributed by atoms with Crippen molar-refractivity contribution in [1.82, 2.24) is 4.57 Å². The van der Waals surface area contributed by atoms with Crippen LogP contribution in [0.3, 0.4) is 0 Å². The lowest BCUT2D eigenvalue weighted by atomic mass is 10.1. The van der Waals surface area contributed by atoms with Crippen molar-refractivity contribution in [3.05, 3.63) is 68.0 Å². The molecule has 3 rings (SSSR count). The second-order valence-electron chi connectivity index (χ2n) is 5.80. The van der Waals surface area contributed by atoms with E-state index in [0.29, 0.717) is 15.9 Å². The first-order valence-corrected chi connectivity index (χ1v) is 8.60. The number of aromatic nitrogens is 1. The van der Waals surface area contributed by atoms with E-state index in [-0.39, 0.29) is 18.1 Å². The number of hydrogen-bond acceptors (Lipinski definition) is 4. The zero-order valence-electron chi connectivity index (χ0n) is 14.2. The number of non-ortho nitro benzene ring substituents is 1. The van der Waals surface area contributed by atoms with E-state index in [4.69, 9.17) is 6.42 Å². The zero-order chi connectivity index (χ0) is 18.8. The Morgan fingerprint density at radius 2 is 2.04 bits per heavy atom. The molecule has 0 N–H and O–H groups in total. The van der Waals surface area contributed by atoms with Crippen LogP contribution in [0.2, 0.25) is 0 Å². The quantitative estimate of drug-likeness (QED) is 0.404. The van der Waals surface area contributed by atoms with Gasteiger partial charge in [-0.05, 0) is 43.2 Å². The summed E-state index contributed by atoms with van der Waals surface area (Å²) in [5, 5.41) is 11.0. The number of hydrogen-bond donors (Lipinski definition) is 0. The molecule has 130 valence electrons. The van der Waals surface area contributed by atoms with E-state index in [1.165, 1.54) is 23.5 Å². The Labute approximate surface area is 153 Å². The Bertz CT molecular complexity index is 1150. The Morgan fingerprint density at radius 3 is 2.69 bits per heavy atom. The molecular weight excluding hydrogens is 350 g/mol. The highest BCUT2D eigenvalue weighted by Gasteiger charge is 2.13. The maximum Gasteiger partial charge on any atom is 0.279 e. The first-order chi connectivity index (χ1) is 12.4. The van der Waals surface area contributed by atoms with Gasteiger partial charge in [0.15, 0.2) is 4.80 Å². The van der Waals surface area contributed by atoms with Gasteiger partial charge in [-0.15, -0.1) is 6.42 Å². The summed E-state index contributed by atoms with van der Waals surface area (Å²) in [6, 6.07) is 9.92. The van der Waals surface area contributed by atoms with Crippen LogP contribution in [0.4, 0.5) is 5.69 Å². The first kappa shape index (κ1) is 17.6. The smallest absolute Gasteiger partial charge is 0.279 e. The molecule has 0 bridgehead atoms. The largest absolute Gasteiger partial charge is 0.304 e. The average molecular weight is 365 g/mol. The Kier molecular flexibility index (Phi) is 4.69. The molecule has 2 aromatic carbocycles. The summed E-state index contributed by atoms with van der Waals surface area (Å²) >= 11 is 1.27. The van der Waals surface area contributed by atoms with E-state index in [9.17, 15) is 14.9 Å². The molecule has 0 aliphatic carbocycles. The molecule has 0 atom stereocenters. The van der Waals surface area contributed by atoms with Crippen LogP contribution in [0.15, 0.2) is 41.4 Å². The lowest BCUT2D eigenvalue weighted by Crippen LogP contribution is -2.16. The fraction of sp³-hybridized carbons (Fsp3) is 0.158. The SMILES string of the molecule is C#CCn1c(=NC(=O)c2ccc(C)c(C)c2)sc2ccc([N+](=O)[O-])cc21. The maximum absolute atomic E-state index is 12.6. The van der Waals surface area contributed by atoms with Gasteiger partial charge in [0.2, 0.25) is 0 Å². The third-order valence-corrected chi connectivity index (χ3v) is 5.14. The van der Waals surface area contributed by atoms with E-state index in [1.54, 1.807) is 22.8 Å². The number of nitro groups is 1. The highest BCUT2D eigenvalue weighted by molar-refractivity contribution is 7.16. The van der Waals surface area contributed by atoms with E-state index in [2.05, 4.69) is 10.9 Å². The van der Waals surface area contributed by atoms with Crippen LogP contribution in [-0.4, -0.2) is 15.4 Å². The van der Waals surface area contributed by atoms with Crippen molar-refractivity contribution >= 4 is 33.1 Å². The molecule has 1 heterocycles. The van der Waals surface area contributed by atoms with Gasteiger partial charge < -0.3 is 4.57 Å². The van der Waals surface area contributed by atoms with Crippen molar-refractivity contribution in [2.75, 3.05) is 0 Å². The standard InChI is InChI=1S/C19H15N3O3S/c1-4-9-21-16-11-15(22(24)25)7-8-17(16)26-19(21)20-18(23)14-6-5-12(2)13(3)10-14/h1,5-8,10-11H,9H2,2-3H3. The summed E-state index contributed by atoms with van der Waals surface area (Å²) in [5.74, 6) is 2.13. The van der Waals surface area contributed by atoms with E-state index >= 15 is 0 Å². The molecule has 0 saturated heterocycles. The number of nitrogens with zero attached hydrogens (tertiary/aromatic N) is 3. The number of nitro benzene ring substituents is 1. The molecule has 1 amide bonds. The zero-order valence-corrected chi connectivity index (χ0v) is 15.0. The number of terminal acetylenes is 1. The number of aryl methyl sites for hydroxylation is 2. The van der Waals surface area contributed by atoms with Crippen LogP contribution in [-0.2, 0) is 6.54 Å². The summed E-state index contributed by atoms with van der Waals surface area (Å²) in [7, 11) is 0. The van der Waals surface area contributed by atoms with Crippen molar-refractivity contribution in [1.29, 1.82) is 0 Å². The van der Waals surface area contributed by atoms with E-state index in [0.717, 1.165) is 15.8 Å². The van der Waals surface area contributed by atoms with Crippen molar-refractivity contribution in [2.45, 2.75) is 20.4 Å². The average Bonchev–Trinajstić information content (AvgIpc) is 2.94. The number of benzene rings is 2. The van der Waals surface area contributed by atoms with Crippen LogP contribution in [0.25, 0.3) is 10.2 Å². The van der Waals surface area contributed by atoms with E-state index in [1.807, 2.05) is 19.9 Å². The number of carbonyl (C=O) groups is 1. The minimum Gasteiger partial charge on any atom is -0.304 e. The number of rotatable bonds is 3. The monoisotopic (exact) mass is 365 g/mol. The van der Waals surface area contributed by atoms with Crippen molar-refractivity contribution in [3.8, 4) is 12.3 Å². The molecule has 0 unspecified atom stereocenters. The van der Waals surface area contributed by atoms with Crippen molar-refractivity contribution in [3.63, 3.8) is 0 Å². The second kappa shape index (κ2) is 6.94. The molecule has 0 saturated carbocycles. The van der Waals surface area contributed by atoms with Gasteiger partial charge in [0.05, 0.1) is 21.7 Å². The molecule has 7 heteroatoms. The van der Waals surface area contributed by atoms with Crippen LogP contribution < -0.4 is 4.80 Å². The Hall–Kier alpha value is -3.24. The van der Waals surface area contributed by atoms with Crippen LogP contribution in [0, 0.1) is 36.3 Å². The molecule has 1 aromatic heterocycles. The van der Waals surface area contributed by atoms with Crippen molar-refractivity contribution in [2.24, 2.45) is 4.99 Å². The number of fused-ring (bicyclic) bond motifs is 1. The van der Waals surface area contributed by atoms with Gasteiger partial charge >= 0.3 is 0 Å². The maximum atomic E-state index is 12.6. The molecule has 3 aromatic rings. The molecule has 6 nitrogen and oxygen atoms in total. The topological polar surface area (TPSA) is 77.5 Å². The Balaban J connectivity index is 2.16. The minimum absolute atomic E-state index is 0.0342. The predicted octanol–water partition coefficient (Wildman–Crippen LogP) is 3.60. The predicted molar refractivity (Wildman–Crippen MR) is 101 cm³/mol. The molecular formula is C19H15N3O3S. The molecule has 0 spiro atoms. The summed E-state index contributed by atoms with van der Waals surface area (Å²) in [6.45, 7) is 4.07. The van der Waals surface area contributed by atoms with Gasteiger partial charge in [-0.25, -0.2) is 0 Å². The highest BCUT2D eigenvalue weighted by Crippen LogP contribution is 2.23. The molecule has 0 aliphatic heterocycles. The van der Waals surface area contributed by atoms with Crippen LogP contribution in [0.1, 0.15) is 21.5 Å². The van der Waals surface area contributed by atoms with Gasteiger partial charge in [-0.3, -0.25) is 14.9 Å². The fourth-order valence-electron chi connectivity index (χ4n) is 2.53. The van der Waals surface area contributed by atoms with E-state index < -0.39 is 4.92 Å². The number of carbonyl (C=O) groups excluding carboxylic acids is 1. The summed E-state index contributed by atoms with van der Waals surface area (Å²) in [6.07, 6.45) is 5.43. The summed E-state index contributed by atoms with van der Waals surface area (Å²) in [5.41, 5.74) is 3.15. The lowest BCUT2D eigenvalue weighted by Gasteiger charge is -2.02. The van der Waals surface area contributed by atoms with Crippen LogP contribution in [0.5, 0.6) is 0 Å². The first-order valence-electron chi connectivity index (χ1n) is 7.78. The molecule has 0 radical (unpaired) electrons. The normalized spacial score (nSPS) is 11.5. The summed E-state index contributed by atoms with van der Waals surface area (Å²) in [4.78, 5) is 27.7. The minimum atomic E-state index is -0.464. The van der Waals surface area contributed by atoms with Gasteiger partial charge in [-0.2, -0.15) is 4.99 Å². The third kappa shape index (κ3) is 3.27. The van der Waals surface area contributed by atoms with Gasteiger partial charge in [0, 0.05) is 17.7 Å². The van der Waals surface area contributed by atoms with Gasteiger partial charge in [-0.1, -0.05) is 23.3 Å². The molecule has 0 aliphatic rings. The molecule has 26 heavy (non-hydrogen) atoms. The van der Waals surface area contributed by atoms with Gasteiger partial charge in [0.1, 0.15) is 0 Å². The highest BCUT2D eigenvalue weighted by atomic mass is 32.1.